The van der Waals surface area contributed by atoms with Crippen LogP contribution in [-0.2, 0) is 0 Å². The number of carbonyl (C=O) groups excluding carboxylic acids is 1. The summed E-state index contributed by atoms with van der Waals surface area (Å²) in [6.45, 7) is 6.16. The molecule has 0 radical (unpaired) electrons. The number of carbonyl (C=O) groups is 1. The lowest BCUT2D eigenvalue weighted by Crippen LogP contribution is -2.27. The minimum absolute atomic E-state index is 0.152. The van der Waals surface area contributed by atoms with Gasteiger partial charge in [0.2, 0.25) is 5.78 Å². The Hall–Kier alpha value is -2.75. The van der Waals surface area contributed by atoms with Crippen LogP contribution >= 0.6 is 0 Å². The third kappa shape index (κ3) is 3.13. The Balaban J connectivity index is 2.09. The summed E-state index contributed by atoms with van der Waals surface area (Å²) in [4.78, 5) is 12.9. The third-order valence-electron chi connectivity index (χ3n) is 3.65. The second kappa shape index (κ2) is 6.04. The van der Waals surface area contributed by atoms with Crippen molar-refractivity contribution in [1.29, 1.82) is 0 Å². The maximum atomic E-state index is 12.9. The fourth-order valence-corrected chi connectivity index (χ4v) is 2.58. The third-order valence-corrected chi connectivity index (χ3v) is 3.65. The Morgan fingerprint density at radius 3 is 2.33 bits per heavy atom. The van der Waals surface area contributed by atoms with Crippen LogP contribution in [0.5, 0.6) is 5.75 Å². The zero-order valence-corrected chi connectivity index (χ0v) is 14.3. The highest BCUT2D eigenvalue weighted by Gasteiger charge is 2.24. The van der Waals surface area contributed by atoms with Gasteiger partial charge >= 0.3 is 0 Å². The molecule has 0 fully saturated rings. The molecule has 0 aliphatic carbocycles. The lowest BCUT2D eigenvalue weighted by molar-refractivity contribution is 0.101. The van der Waals surface area contributed by atoms with Crippen molar-refractivity contribution in [2.45, 2.75) is 26.3 Å². The van der Waals surface area contributed by atoms with Gasteiger partial charge in [-0.15, -0.1) is 0 Å². The summed E-state index contributed by atoms with van der Waals surface area (Å²) in [6, 6.07) is 14.7. The molecular weight excluding hydrogens is 302 g/mol. The van der Waals surface area contributed by atoms with Gasteiger partial charge in [-0.1, -0.05) is 12.1 Å². The van der Waals surface area contributed by atoms with Crippen LogP contribution in [0.1, 0.15) is 36.9 Å². The molecule has 4 nitrogen and oxygen atoms in total. The van der Waals surface area contributed by atoms with E-state index in [1.165, 1.54) is 0 Å². The molecule has 3 aromatic rings. The predicted octanol–water partition coefficient (Wildman–Crippen LogP) is 4.88. The molecule has 0 atom stereocenters. The minimum Gasteiger partial charge on any atom is -0.497 e. The predicted molar refractivity (Wildman–Crippen MR) is 96.0 cm³/mol. The van der Waals surface area contributed by atoms with Crippen LogP contribution in [0.4, 0.5) is 5.69 Å². The maximum absolute atomic E-state index is 12.9. The van der Waals surface area contributed by atoms with E-state index in [1.54, 1.807) is 31.4 Å². The summed E-state index contributed by atoms with van der Waals surface area (Å²) < 4.78 is 11.0. The average Bonchev–Trinajstić information content (AvgIpc) is 2.91. The molecule has 0 aliphatic rings. The number of para-hydroxylation sites is 1. The summed E-state index contributed by atoms with van der Waals surface area (Å²) in [7, 11) is 1.60. The topological polar surface area (TPSA) is 51.5 Å². The Morgan fingerprint density at radius 2 is 1.71 bits per heavy atom. The van der Waals surface area contributed by atoms with Crippen LogP contribution in [0.3, 0.4) is 0 Å². The minimum atomic E-state index is -0.193. The molecule has 124 valence electrons. The van der Waals surface area contributed by atoms with Crippen LogP contribution in [-0.4, -0.2) is 18.4 Å². The number of rotatable bonds is 4. The summed E-state index contributed by atoms with van der Waals surface area (Å²) in [6.07, 6.45) is 0. The summed E-state index contributed by atoms with van der Waals surface area (Å²) in [5.41, 5.74) is 1.80. The number of furan rings is 1. The first-order valence-corrected chi connectivity index (χ1v) is 7.87. The molecule has 0 unspecified atom stereocenters. The second-order valence-electron chi connectivity index (χ2n) is 6.73. The normalized spacial score (nSPS) is 11.5. The maximum Gasteiger partial charge on any atom is 0.230 e. The van der Waals surface area contributed by atoms with Gasteiger partial charge in [0, 0.05) is 16.5 Å². The van der Waals surface area contributed by atoms with Gasteiger partial charge in [0.15, 0.2) is 5.76 Å². The Bertz CT molecular complexity index is 870. The summed E-state index contributed by atoms with van der Waals surface area (Å²) in [5, 5.41) is 4.31. The lowest BCUT2D eigenvalue weighted by Gasteiger charge is -2.22. The van der Waals surface area contributed by atoms with E-state index in [0.29, 0.717) is 22.7 Å². The van der Waals surface area contributed by atoms with Crippen LogP contribution in [0.25, 0.3) is 11.0 Å². The number of nitrogens with one attached hydrogen (secondary N) is 1. The monoisotopic (exact) mass is 323 g/mol. The zero-order chi connectivity index (χ0) is 17.3. The van der Waals surface area contributed by atoms with Gasteiger partial charge in [0.05, 0.1) is 12.8 Å². The number of hydrogen-bond acceptors (Lipinski definition) is 4. The molecule has 0 amide bonds. The second-order valence-corrected chi connectivity index (χ2v) is 6.73. The molecule has 0 saturated carbocycles. The molecule has 1 aromatic heterocycles. The van der Waals surface area contributed by atoms with Gasteiger partial charge in [-0.05, 0) is 57.2 Å². The first kappa shape index (κ1) is 16.1. The highest BCUT2D eigenvalue weighted by atomic mass is 16.5. The Labute approximate surface area is 141 Å². The van der Waals surface area contributed by atoms with E-state index in [0.717, 1.165) is 11.1 Å². The van der Waals surface area contributed by atoms with Crippen LogP contribution in [0.15, 0.2) is 52.9 Å². The van der Waals surface area contributed by atoms with Crippen LogP contribution in [0.2, 0.25) is 0 Å². The van der Waals surface area contributed by atoms with Crippen molar-refractivity contribution < 1.29 is 13.9 Å². The smallest absolute Gasteiger partial charge is 0.230 e. The zero-order valence-electron chi connectivity index (χ0n) is 14.3. The Kier molecular flexibility index (Phi) is 4.06. The van der Waals surface area contributed by atoms with Gasteiger partial charge in [-0.3, -0.25) is 4.79 Å². The molecule has 2 aromatic carbocycles. The number of benzene rings is 2. The molecule has 24 heavy (non-hydrogen) atoms. The van der Waals surface area contributed by atoms with Crippen molar-refractivity contribution >= 4 is 22.4 Å². The molecule has 3 rings (SSSR count). The first-order valence-electron chi connectivity index (χ1n) is 7.87. The van der Waals surface area contributed by atoms with Gasteiger partial charge in [0.1, 0.15) is 11.3 Å². The van der Waals surface area contributed by atoms with Gasteiger partial charge in [-0.25, -0.2) is 0 Å². The van der Waals surface area contributed by atoms with Gasteiger partial charge in [-0.2, -0.15) is 0 Å². The van der Waals surface area contributed by atoms with Crippen molar-refractivity contribution in [2.75, 3.05) is 12.4 Å². The molecule has 0 saturated heterocycles. The number of methoxy groups -OCH3 is 1. The highest BCUT2D eigenvalue weighted by Crippen LogP contribution is 2.34. The quantitative estimate of drug-likeness (QED) is 0.695. The van der Waals surface area contributed by atoms with E-state index < -0.39 is 0 Å². The molecular formula is C20H21NO3. The van der Waals surface area contributed by atoms with E-state index in [2.05, 4.69) is 26.1 Å². The molecule has 1 N–H and O–H groups in total. The molecule has 0 aliphatic heterocycles. The van der Waals surface area contributed by atoms with Gasteiger partial charge in [0.25, 0.3) is 0 Å². The summed E-state index contributed by atoms with van der Waals surface area (Å²) in [5.74, 6) is 0.890. The fourth-order valence-electron chi connectivity index (χ4n) is 2.58. The van der Waals surface area contributed by atoms with Gasteiger partial charge < -0.3 is 14.5 Å². The highest BCUT2D eigenvalue weighted by molar-refractivity contribution is 6.15. The van der Waals surface area contributed by atoms with E-state index in [9.17, 15) is 4.79 Å². The molecule has 4 heteroatoms. The first-order chi connectivity index (χ1) is 11.4. The van der Waals surface area contributed by atoms with E-state index in [4.69, 9.17) is 9.15 Å². The number of anilines is 1. The van der Waals surface area contributed by atoms with E-state index in [-0.39, 0.29) is 11.3 Å². The van der Waals surface area contributed by atoms with Crippen molar-refractivity contribution in [3.63, 3.8) is 0 Å². The largest absolute Gasteiger partial charge is 0.497 e. The number of fused-ring (bicyclic) bond motifs is 1. The van der Waals surface area contributed by atoms with E-state index in [1.807, 2.05) is 24.3 Å². The van der Waals surface area contributed by atoms with E-state index >= 15 is 0 Å². The number of ketones is 1. The molecule has 0 bridgehead atoms. The number of ether oxygens (including phenoxy) is 1. The average molecular weight is 323 g/mol. The van der Waals surface area contributed by atoms with Crippen LogP contribution in [0, 0.1) is 0 Å². The van der Waals surface area contributed by atoms with Crippen molar-refractivity contribution in [2.24, 2.45) is 0 Å². The van der Waals surface area contributed by atoms with Crippen LogP contribution < -0.4 is 10.1 Å². The fraction of sp³-hybridized carbons (Fsp3) is 0.250. The molecule has 1 heterocycles. The van der Waals surface area contributed by atoms with Crippen molar-refractivity contribution in [3.8, 4) is 5.75 Å². The lowest BCUT2D eigenvalue weighted by atomic mass is 10.0. The standard InChI is InChI=1S/C20H21NO3/c1-20(2,3)21-17-15-7-5-6-8-16(15)24-19(17)18(22)13-9-11-14(23-4)12-10-13/h5-12,21H,1-4H3. The Morgan fingerprint density at radius 1 is 1.04 bits per heavy atom. The SMILES string of the molecule is COc1ccc(C(=O)c2oc3ccccc3c2NC(C)(C)C)cc1. The molecule has 0 spiro atoms. The van der Waals surface area contributed by atoms with Crippen molar-refractivity contribution in [3.05, 3.63) is 59.9 Å². The number of hydrogen-bond donors (Lipinski definition) is 1. The van der Waals surface area contributed by atoms with Crippen molar-refractivity contribution in [1.82, 2.24) is 0 Å². The summed E-state index contributed by atoms with van der Waals surface area (Å²) >= 11 is 0.